The maximum atomic E-state index is 12.6. The number of piperidine rings is 1. The smallest absolute Gasteiger partial charge is 0.356 e. The number of hydrogen-bond acceptors (Lipinski definition) is 5. The van der Waals surface area contributed by atoms with Crippen LogP contribution in [0.5, 0.6) is 0 Å². The first-order valence-corrected chi connectivity index (χ1v) is 9.72. The van der Waals surface area contributed by atoms with Crippen molar-refractivity contribution < 1.29 is 14.3 Å². The van der Waals surface area contributed by atoms with Gasteiger partial charge in [0.1, 0.15) is 5.69 Å². The van der Waals surface area contributed by atoms with Gasteiger partial charge in [-0.1, -0.05) is 36.4 Å². The highest BCUT2D eigenvalue weighted by atomic mass is 16.5. The van der Waals surface area contributed by atoms with Gasteiger partial charge in [0.15, 0.2) is 0 Å². The first kappa shape index (κ1) is 18.6. The maximum absolute atomic E-state index is 12.6. The lowest BCUT2D eigenvalue weighted by Crippen LogP contribution is -2.50. The van der Waals surface area contributed by atoms with Crippen LogP contribution in [0.1, 0.15) is 46.9 Å². The van der Waals surface area contributed by atoms with E-state index < -0.39 is 5.97 Å². The summed E-state index contributed by atoms with van der Waals surface area (Å²) in [5.41, 5.74) is 2.19. The van der Waals surface area contributed by atoms with E-state index in [1.165, 1.54) is 7.11 Å². The molecule has 1 atom stereocenters. The van der Waals surface area contributed by atoms with Gasteiger partial charge in [-0.05, 0) is 37.0 Å². The Balaban J connectivity index is 1.37. The van der Waals surface area contributed by atoms with Gasteiger partial charge in [-0.2, -0.15) is 0 Å². The lowest BCUT2D eigenvalue weighted by molar-refractivity contribution is -0.121. The molecule has 0 aliphatic carbocycles. The highest BCUT2D eigenvalue weighted by molar-refractivity contribution is 5.87. The monoisotopic (exact) mass is 379 g/mol. The molecular formula is C22H25N3O3. The maximum Gasteiger partial charge on any atom is 0.356 e. The Hall–Kier alpha value is -2.73. The van der Waals surface area contributed by atoms with Crippen LogP contribution in [-0.2, 0) is 16.1 Å². The summed E-state index contributed by atoms with van der Waals surface area (Å²) in [6.07, 6.45) is 2.72. The van der Waals surface area contributed by atoms with E-state index in [1.54, 1.807) is 6.07 Å². The summed E-state index contributed by atoms with van der Waals surface area (Å²) in [5.74, 6) is -0.321. The van der Waals surface area contributed by atoms with E-state index >= 15 is 0 Å². The van der Waals surface area contributed by atoms with Crippen molar-refractivity contribution in [3.8, 4) is 0 Å². The molecule has 1 spiro atoms. The number of rotatable bonds is 4. The van der Waals surface area contributed by atoms with E-state index in [2.05, 4.69) is 15.2 Å². The van der Waals surface area contributed by atoms with Crippen LogP contribution in [0.3, 0.4) is 0 Å². The lowest BCUT2D eigenvalue weighted by Gasteiger charge is -2.39. The summed E-state index contributed by atoms with van der Waals surface area (Å²) in [5, 5.41) is 3.29. The molecule has 6 heteroatoms. The number of ether oxygens (including phenoxy) is 1. The molecule has 0 radical (unpaired) electrons. The van der Waals surface area contributed by atoms with Crippen LogP contribution in [0.4, 0.5) is 0 Å². The number of methoxy groups -OCH3 is 1. The molecule has 6 nitrogen and oxygen atoms in total. The first-order valence-electron chi connectivity index (χ1n) is 9.72. The van der Waals surface area contributed by atoms with Gasteiger partial charge in [0.05, 0.1) is 18.7 Å². The van der Waals surface area contributed by atoms with Crippen LogP contribution in [0, 0.1) is 0 Å². The molecule has 2 saturated heterocycles. The molecule has 0 bridgehead atoms. The molecule has 1 unspecified atom stereocenters. The van der Waals surface area contributed by atoms with Gasteiger partial charge in [0.25, 0.3) is 0 Å². The van der Waals surface area contributed by atoms with Crippen molar-refractivity contribution in [3.05, 3.63) is 65.5 Å². The van der Waals surface area contributed by atoms with E-state index in [0.717, 1.165) is 43.6 Å². The topological polar surface area (TPSA) is 71.5 Å². The van der Waals surface area contributed by atoms with Crippen molar-refractivity contribution >= 4 is 11.9 Å². The molecule has 28 heavy (non-hydrogen) atoms. The van der Waals surface area contributed by atoms with E-state index in [1.807, 2.05) is 42.5 Å². The number of aromatic nitrogens is 1. The number of nitrogens with one attached hydrogen (secondary N) is 1. The average molecular weight is 379 g/mol. The Morgan fingerprint density at radius 1 is 1.18 bits per heavy atom. The Morgan fingerprint density at radius 2 is 1.93 bits per heavy atom. The van der Waals surface area contributed by atoms with Gasteiger partial charge in [-0.25, -0.2) is 9.78 Å². The molecule has 3 heterocycles. The van der Waals surface area contributed by atoms with Crippen molar-refractivity contribution in [1.82, 2.24) is 15.2 Å². The van der Waals surface area contributed by atoms with Crippen molar-refractivity contribution in [2.45, 2.75) is 37.3 Å². The van der Waals surface area contributed by atoms with Gasteiger partial charge >= 0.3 is 5.97 Å². The van der Waals surface area contributed by atoms with Crippen LogP contribution in [0.15, 0.2) is 48.5 Å². The summed E-state index contributed by atoms with van der Waals surface area (Å²) in [6, 6.07) is 15.5. The molecule has 2 aliphatic heterocycles. The van der Waals surface area contributed by atoms with Crippen LogP contribution in [0.2, 0.25) is 0 Å². The predicted octanol–water partition coefficient (Wildman–Crippen LogP) is 2.51. The predicted molar refractivity (Wildman–Crippen MR) is 105 cm³/mol. The Bertz CT molecular complexity index is 860. The van der Waals surface area contributed by atoms with Crippen LogP contribution < -0.4 is 5.32 Å². The van der Waals surface area contributed by atoms with Gasteiger partial charge < -0.3 is 10.1 Å². The Morgan fingerprint density at radius 3 is 2.64 bits per heavy atom. The number of amides is 1. The number of benzene rings is 1. The second kappa shape index (κ2) is 7.72. The number of nitrogens with zero attached hydrogens (tertiary/aromatic N) is 2. The van der Waals surface area contributed by atoms with Crippen molar-refractivity contribution in [2.24, 2.45) is 0 Å². The second-order valence-electron chi connectivity index (χ2n) is 7.72. The normalized spacial score (nSPS) is 21.5. The molecule has 2 aromatic rings. The number of hydrogen-bond donors (Lipinski definition) is 1. The zero-order chi connectivity index (χ0) is 19.6. The van der Waals surface area contributed by atoms with Crippen molar-refractivity contribution in [3.63, 3.8) is 0 Å². The lowest BCUT2D eigenvalue weighted by atomic mass is 9.82. The summed E-state index contributed by atoms with van der Waals surface area (Å²) in [6.45, 7) is 2.48. The fraction of sp³-hybridized carbons (Fsp3) is 0.409. The summed E-state index contributed by atoms with van der Waals surface area (Å²) in [7, 11) is 1.36. The molecule has 4 rings (SSSR count). The molecule has 146 valence electrons. The zero-order valence-electron chi connectivity index (χ0n) is 16.1. The third-order valence-electron chi connectivity index (χ3n) is 5.90. The molecule has 1 N–H and O–H groups in total. The molecule has 0 saturated carbocycles. The van der Waals surface area contributed by atoms with E-state index in [9.17, 15) is 9.59 Å². The highest BCUT2D eigenvalue weighted by Crippen LogP contribution is 2.39. The third kappa shape index (κ3) is 3.78. The molecule has 2 aliphatic rings. The quantitative estimate of drug-likeness (QED) is 0.827. The molecule has 2 fully saturated rings. The Kier molecular flexibility index (Phi) is 5.13. The van der Waals surface area contributed by atoms with Gasteiger partial charge in [-0.3, -0.25) is 9.69 Å². The van der Waals surface area contributed by atoms with Crippen LogP contribution in [0.25, 0.3) is 0 Å². The summed E-state index contributed by atoms with van der Waals surface area (Å²) < 4.78 is 4.75. The SMILES string of the molecule is COC(=O)c1cccc(CN2CCC3(CC2)CC(c2ccccc2)C(=O)N3)n1. The second-order valence-corrected chi connectivity index (χ2v) is 7.72. The van der Waals surface area contributed by atoms with E-state index in [4.69, 9.17) is 4.74 Å². The van der Waals surface area contributed by atoms with Crippen LogP contribution in [-0.4, -0.2) is 47.5 Å². The average Bonchev–Trinajstić information content (AvgIpc) is 3.06. The summed E-state index contributed by atoms with van der Waals surface area (Å²) >= 11 is 0. The molecular weight excluding hydrogens is 354 g/mol. The van der Waals surface area contributed by atoms with Crippen molar-refractivity contribution in [2.75, 3.05) is 20.2 Å². The fourth-order valence-corrected chi connectivity index (χ4v) is 4.32. The standard InChI is InChI=1S/C22H25N3O3/c1-28-21(27)19-9-5-8-17(23-19)15-25-12-10-22(11-13-25)14-18(20(26)24-22)16-6-3-2-4-7-16/h2-9,18H,10-15H2,1H3,(H,24,26). The Labute approximate surface area is 164 Å². The first-order chi connectivity index (χ1) is 13.6. The number of pyridine rings is 1. The van der Waals surface area contributed by atoms with E-state index in [0.29, 0.717) is 12.2 Å². The minimum absolute atomic E-state index is 0.0499. The number of esters is 1. The molecule has 1 amide bonds. The van der Waals surface area contributed by atoms with Crippen LogP contribution >= 0.6 is 0 Å². The van der Waals surface area contributed by atoms with Gasteiger partial charge in [0, 0.05) is 25.2 Å². The minimum Gasteiger partial charge on any atom is -0.464 e. The van der Waals surface area contributed by atoms with Gasteiger partial charge in [0.2, 0.25) is 5.91 Å². The number of carbonyl (C=O) groups excluding carboxylic acids is 2. The number of carbonyl (C=O) groups is 2. The third-order valence-corrected chi connectivity index (χ3v) is 5.90. The largest absolute Gasteiger partial charge is 0.464 e. The van der Waals surface area contributed by atoms with Gasteiger partial charge in [-0.15, -0.1) is 0 Å². The highest BCUT2D eigenvalue weighted by Gasteiger charge is 2.46. The fourth-order valence-electron chi connectivity index (χ4n) is 4.32. The molecule has 1 aromatic carbocycles. The van der Waals surface area contributed by atoms with E-state index in [-0.39, 0.29) is 17.4 Å². The van der Waals surface area contributed by atoms with Crippen molar-refractivity contribution in [1.29, 1.82) is 0 Å². The zero-order valence-corrected chi connectivity index (χ0v) is 16.1. The molecule has 1 aromatic heterocycles. The number of likely N-dealkylation sites (tertiary alicyclic amines) is 1. The minimum atomic E-state index is -0.417. The summed E-state index contributed by atoms with van der Waals surface area (Å²) in [4.78, 5) is 31.0.